The van der Waals surface area contributed by atoms with E-state index in [9.17, 15) is 4.79 Å². The number of aromatic amines is 1. The first kappa shape index (κ1) is 15.9. The Labute approximate surface area is 142 Å². The number of carbonyl (C=O) groups is 1. The molecule has 2 aromatic carbocycles. The Morgan fingerprint density at radius 2 is 2.09 bits per heavy atom. The highest BCUT2D eigenvalue weighted by atomic mass is 35.5. The normalized spacial score (nSPS) is 10.8. The summed E-state index contributed by atoms with van der Waals surface area (Å²) >= 11 is 7.23. The second kappa shape index (κ2) is 7.50. The Bertz CT molecular complexity index is 807. The monoisotopic (exact) mass is 347 g/mol. The van der Waals surface area contributed by atoms with Gasteiger partial charge in [0.15, 0.2) is 5.16 Å². The Kier molecular flexibility index (Phi) is 5.17. The van der Waals surface area contributed by atoms with Crippen molar-refractivity contribution in [1.82, 2.24) is 15.4 Å². The van der Waals surface area contributed by atoms with Gasteiger partial charge in [-0.1, -0.05) is 53.7 Å². The molecular weight excluding hydrogens is 334 g/mol. The topological polar surface area (TPSA) is 67.0 Å². The zero-order chi connectivity index (χ0) is 16.1. The van der Waals surface area contributed by atoms with Gasteiger partial charge in [-0.3, -0.25) is 9.63 Å². The van der Waals surface area contributed by atoms with Crippen LogP contribution in [0.1, 0.15) is 5.56 Å². The molecule has 1 heterocycles. The minimum absolute atomic E-state index is 0.211. The van der Waals surface area contributed by atoms with Gasteiger partial charge >= 0.3 is 0 Å². The number of hydrogen-bond donors (Lipinski definition) is 2. The molecule has 0 aliphatic rings. The first-order valence-electron chi connectivity index (χ1n) is 6.93. The molecule has 1 aromatic heterocycles. The highest BCUT2D eigenvalue weighted by Gasteiger charge is 2.07. The van der Waals surface area contributed by atoms with E-state index in [1.165, 1.54) is 11.8 Å². The Balaban J connectivity index is 1.46. The zero-order valence-corrected chi connectivity index (χ0v) is 13.7. The smallest absolute Gasteiger partial charge is 0.254 e. The summed E-state index contributed by atoms with van der Waals surface area (Å²) in [4.78, 5) is 24.4. The Morgan fingerprint density at radius 1 is 1.26 bits per heavy atom. The summed E-state index contributed by atoms with van der Waals surface area (Å²) in [5.41, 5.74) is 5.08. The standard InChI is InChI=1S/C16H14ClN3O2S/c17-12-6-7-13-14(8-12)19-16(18-13)23-10-15(21)20-22-9-11-4-2-1-3-5-11/h1-8H,9-10H2,(H,18,19)(H,20,21). The molecule has 5 nitrogen and oxygen atoms in total. The number of thioether (sulfide) groups is 1. The molecule has 3 rings (SSSR count). The number of imidazole rings is 1. The molecule has 2 N–H and O–H groups in total. The van der Waals surface area contributed by atoms with E-state index >= 15 is 0 Å². The van der Waals surface area contributed by atoms with Crippen molar-refractivity contribution in [3.05, 3.63) is 59.1 Å². The van der Waals surface area contributed by atoms with Crippen LogP contribution in [-0.2, 0) is 16.2 Å². The molecule has 0 saturated carbocycles. The number of hydrogen-bond acceptors (Lipinski definition) is 4. The van der Waals surface area contributed by atoms with Gasteiger partial charge in [-0.15, -0.1) is 0 Å². The van der Waals surface area contributed by atoms with Gasteiger partial charge in [-0.2, -0.15) is 0 Å². The van der Waals surface area contributed by atoms with Crippen LogP contribution in [0.5, 0.6) is 0 Å². The van der Waals surface area contributed by atoms with Crippen molar-refractivity contribution in [3.8, 4) is 0 Å². The second-order valence-corrected chi connectivity index (χ2v) is 6.19. The number of nitrogens with one attached hydrogen (secondary N) is 2. The third kappa shape index (κ3) is 4.48. The molecule has 23 heavy (non-hydrogen) atoms. The summed E-state index contributed by atoms with van der Waals surface area (Å²) in [7, 11) is 0. The van der Waals surface area contributed by atoms with Crippen LogP contribution < -0.4 is 5.48 Å². The fourth-order valence-corrected chi connectivity index (χ4v) is 2.81. The molecule has 0 unspecified atom stereocenters. The van der Waals surface area contributed by atoms with Gasteiger partial charge < -0.3 is 4.98 Å². The van der Waals surface area contributed by atoms with Crippen LogP contribution in [-0.4, -0.2) is 21.6 Å². The van der Waals surface area contributed by atoms with E-state index in [1.54, 1.807) is 12.1 Å². The lowest BCUT2D eigenvalue weighted by Gasteiger charge is -2.05. The average Bonchev–Trinajstić information content (AvgIpc) is 2.96. The van der Waals surface area contributed by atoms with E-state index < -0.39 is 0 Å². The minimum atomic E-state index is -0.218. The number of H-pyrrole nitrogens is 1. The number of benzene rings is 2. The maximum absolute atomic E-state index is 11.8. The molecule has 0 saturated heterocycles. The molecule has 0 bridgehead atoms. The molecule has 0 radical (unpaired) electrons. The summed E-state index contributed by atoms with van der Waals surface area (Å²) in [5, 5.41) is 1.31. The number of aromatic nitrogens is 2. The van der Waals surface area contributed by atoms with Crippen molar-refractivity contribution in [1.29, 1.82) is 0 Å². The van der Waals surface area contributed by atoms with Gasteiger partial charge in [-0.05, 0) is 23.8 Å². The van der Waals surface area contributed by atoms with E-state index in [0.29, 0.717) is 16.8 Å². The quantitative estimate of drug-likeness (QED) is 0.528. The van der Waals surface area contributed by atoms with Crippen molar-refractivity contribution >= 4 is 40.3 Å². The number of amides is 1. The number of carbonyl (C=O) groups excluding carboxylic acids is 1. The maximum Gasteiger partial charge on any atom is 0.254 e. The van der Waals surface area contributed by atoms with Crippen molar-refractivity contribution < 1.29 is 9.63 Å². The SMILES string of the molecule is O=C(CSc1nc2ccc(Cl)cc2[nH]1)NOCc1ccccc1. The van der Waals surface area contributed by atoms with Gasteiger partial charge in [0.05, 0.1) is 23.4 Å². The summed E-state index contributed by atoms with van der Waals surface area (Å²) < 4.78 is 0. The van der Waals surface area contributed by atoms with E-state index in [0.717, 1.165) is 16.6 Å². The third-order valence-electron chi connectivity index (χ3n) is 3.03. The minimum Gasteiger partial charge on any atom is -0.333 e. The largest absolute Gasteiger partial charge is 0.333 e. The van der Waals surface area contributed by atoms with Crippen LogP contribution in [0.3, 0.4) is 0 Å². The predicted octanol–water partition coefficient (Wildman–Crippen LogP) is 3.56. The van der Waals surface area contributed by atoms with Crippen LogP contribution in [0.25, 0.3) is 11.0 Å². The van der Waals surface area contributed by atoms with Crippen LogP contribution in [0.4, 0.5) is 0 Å². The van der Waals surface area contributed by atoms with Crippen LogP contribution >= 0.6 is 23.4 Å². The zero-order valence-electron chi connectivity index (χ0n) is 12.1. The number of nitrogens with zero attached hydrogens (tertiary/aromatic N) is 1. The highest BCUT2D eigenvalue weighted by molar-refractivity contribution is 7.99. The van der Waals surface area contributed by atoms with E-state index in [4.69, 9.17) is 16.4 Å². The average molecular weight is 348 g/mol. The van der Waals surface area contributed by atoms with Crippen LogP contribution in [0.2, 0.25) is 5.02 Å². The first-order valence-corrected chi connectivity index (χ1v) is 8.30. The van der Waals surface area contributed by atoms with Crippen molar-refractivity contribution in [2.24, 2.45) is 0 Å². The number of hydroxylamine groups is 1. The van der Waals surface area contributed by atoms with E-state index in [-0.39, 0.29) is 11.7 Å². The Morgan fingerprint density at radius 3 is 2.91 bits per heavy atom. The predicted molar refractivity (Wildman–Crippen MR) is 91.2 cm³/mol. The highest BCUT2D eigenvalue weighted by Crippen LogP contribution is 2.21. The van der Waals surface area contributed by atoms with Crippen molar-refractivity contribution in [2.45, 2.75) is 11.8 Å². The van der Waals surface area contributed by atoms with E-state index in [2.05, 4.69) is 15.4 Å². The fourth-order valence-electron chi connectivity index (χ4n) is 1.96. The molecule has 0 atom stereocenters. The van der Waals surface area contributed by atoms with Crippen LogP contribution in [0, 0.1) is 0 Å². The van der Waals surface area contributed by atoms with E-state index in [1.807, 2.05) is 36.4 Å². The fraction of sp³-hybridized carbons (Fsp3) is 0.125. The molecule has 1 amide bonds. The Hall–Kier alpha value is -2.02. The van der Waals surface area contributed by atoms with Gasteiger partial charge in [0.1, 0.15) is 0 Å². The maximum atomic E-state index is 11.8. The van der Waals surface area contributed by atoms with Gasteiger partial charge in [-0.25, -0.2) is 10.5 Å². The molecule has 3 aromatic rings. The summed E-state index contributed by atoms with van der Waals surface area (Å²) in [5.74, 6) is -0.00747. The lowest BCUT2D eigenvalue weighted by atomic mass is 10.2. The van der Waals surface area contributed by atoms with Gasteiger partial charge in [0.25, 0.3) is 5.91 Å². The van der Waals surface area contributed by atoms with Crippen molar-refractivity contribution in [2.75, 3.05) is 5.75 Å². The lowest BCUT2D eigenvalue weighted by Crippen LogP contribution is -2.25. The molecule has 0 aliphatic heterocycles. The third-order valence-corrected chi connectivity index (χ3v) is 4.14. The number of halogens is 1. The van der Waals surface area contributed by atoms with Crippen LogP contribution in [0.15, 0.2) is 53.7 Å². The number of fused-ring (bicyclic) bond motifs is 1. The molecule has 0 fully saturated rings. The molecular formula is C16H14ClN3O2S. The lowest BCUT2D eigenvalue weighted by molar-refractivity contribution is -0.131. The summed E-state index contributed by atoms with van der Waals surface area (Å²) in [6, 6.07) is 15.1. The second-order valence-electron chi connectivity index (χ2n) is 4.79. The number of rotatable bonds is 6. The summed E-state index contributed by atoms with van der Waals surface area (Å²) in [6.45, 7) is 0.334. The first-order chi connectivity index (χ1) is 11.2. The van der Waals surface area contributed by atoms with Gasteiger partial charge in [0.2, 0.25) is 0 Å². The van der Waals surface area contributed by atoms with Crippen molar-refractivity contribution in [3.63, 3.8) is 0 Å². The molecule has 0 aliphatic carbocycles. The molecule has 0 spiro atoms. The summed E-state index contributed by atoms with van der Waals surface area (Å²) in [6.07, 6.45) is 0. The van der Waals surface area contributed by atoms with Gasteiger partial charge in [0, 0.05) is 5.02 Å². The molecule has 118 valence electrons. The molecule has 7 heteroatoms.